The van der Waals surface area contributed by atoms with Crippen molar-refractivity contribution >= 4 is 27.3 Å². The summed E-state index contributed by atoms with van der Waals surface area (Å²) < 4.78 is 31.1. The number of aryl methyl sites for hydroxylation is 1. The minimum Gasteiger partial charge on any atom is -0.495 e. The van der Waals surface area contributed by atoms with Crippen molar-refractivity contribution in [1.29, 1.82) is 0 Å². The number of hydrogen-bond acceptors (Lipinski definition) is 5. The number of rotatable bonds is 10. The van der Waals surface area contributed by atoms with E-state index >= 15 is 0 Å². The second kappa shape index (κ2) is 10.3. The molecule has 164 valence electrons. The van der Waals surface area contributed by atoms with Crippen LogP contribution in [0.4, 0.5) is 11.4 Å². The highest BCUT2D eigenvalue weighted by Gasteiger charge is 2.24. The molecule has 8 heteroatoms. The van der Waals surface area contributed by atoms with Gasteiger partial charge in [-0.3, -0.25) is 9.10 Å². The Morgan fingerprint density at radius 2 is 1.70 bits per heavy atom. The van der Waals surface area contributed by atoms with Crippen molar-refractivity contribution < 1.29 is 17.9 Å². The highest BCUT2D eigenvalue weighted by Crippen LogP contribution is 2.30. The lowest BCUT2D eigenvalue weighted by atomic mass is 10.2. The molecule has 0 saturated carbocycles. The first kappa shape index (κ1) is 23.5. The van der Waals surface area contributed by atoms with Crippen molar-refractivity contribution in [2.45, 2.75) is 27.3 Å². The predicted molar refractivity (Wildman–Crippen MR) is 122 cm³/mol. The molecular formula is C22H31N3O4S. The number of hydrogen-bond donors (Lipinski definition) is 1. The molecule has 0 spiro atoms. The summed E-state index contributed by atoms with van der Waals surface area (Å²) in [4.78, 5) is 14.8. The van der Waals surface area contributed by atoms with Gasteiger partial charge in [-0.25, -0.2) is 8.42 Å². The quantitative estimate of drug-likeness (QED) is 0.623. The second-order valence-corrected chi connectivity index (χ2v) is 8.97. The smallest absolute Gasteiger partial charge is 0.241 e. The van der Waals surface area contributed by atoms with E-state index in [2.05, 4.69) is 24.1 Å². The van der Waals surface area contributed by atoms with Crippen molar-refractivity contribution in [2.75, 3.05) is 42.2 Å². The molecule has 0 radical (unpaired) electrons. The average Bonchev–Trinajstić information content (AvgIpc) is 2.71. The molecule has 7 nitrogen and oxygen atoms in total. The lowest BCUT2D eigenvalue weighted by molar-refractivity contribution is -0.119. The molecule has 1 amide bonds. The van der Waals surface area contributed by atoms with Gasteiger partial charge >= 0.3 is 0 Å². The zero-order valence-corrected chi connectivity index (χ0v) is 19.1. The van der Waals surface area contributed by atoms with Gasteiger partial charge in [0.2, 0.25) is 15.9 Å². The summed E-state index contributed by atoms with van der Waals surface area (Å²) >= 11 is 0. The van der Waals surface area contributed by atoms with Gasteiger partial charge in [0, 0.05) is 25.3 Å². The molecule has 0 atom stereocenters. The number of benzene rings is 2. The van der Waals surface area contributed by atoms with Gasteiger partial charge in [0.25, 0.3) is 0 Å². The van der Waals surface area contributed by atoms with Crippen molar-refractivity contribution in [2.24, 2.45) is 0 Å². The van der Waals surface area contributed by atoms with E-state index in [-0.39, 0.29) is 6.54 Å². The van der Waals surface area contributed by atoms with Crippen LogP contribution in [0.25, 0.3) is 0 Å². The molecule has 30 heavy (non-hydrogen) atoms. The number of carbonyl (C=O) groups is 1. The van der Waals surface area contributed by atoms with Crippen molar-refractivity contribution in [3.05, 3.63) is 53.6 Å². The van der Waals surface area contributed by atoms with Crippen LogP contribution in [0.1, 0.15) is 25.0 Å². The number of ether oxygens (including phenoxy) is 1. The molecule has 0 aliphatic heterocycles. The van der Waals surface area contributed by atoms with Crippen molar-refractivity contribution in [3.63, 3.8) is 0 Å². The van der Waals surface area contributed by atoms with E-state index in [1.54, 1.807) is 12.1 Å². The maximum Gasteiger partial charge on any atom is 0.241 e. The first-order valence-corrected chi connectivity index (χ1v) is 11.8. The SMILES string of the molecule is CCN(CC)c1ccc(CNC(=O)CN(c2cc(C)ccc2OC)S(C)(=O)=O)cc1. The summed E-state index contributed by atoms with van der Waals surface area (Å²) in [5.74, 6) is 0.00243. The van der Waals surface area contributed by atoms with Crippen LogP contribution in [0.2, 0.25) is 0 Å². The molecule has 1 N–H and O–H groups in total. The van der Waals surface area contributed by atoms with Crippen molar-refractivity contribution in [3.8, 4) is 5.75 Å². The summed E-state index contributed by atoms with van der Waals surface area (Å²) in [6, 6.07) is 13.2. The molecule has 0 aliphatic carbocycles. The predicted octanol–water partition coefficient (Wildman–Crippen LogP) is 2.93. The summed E-state index contributed by atoms with van der Waals surface area (Å²) in [5.41, 5.74) is 3.29. The van der Waals surface area contributed by atoms with Crippen LogP contribution in [0.15, 0.2) is 42.5 Å². The first-order chi connectivity index (χ1) is 14.2. The van der Waals surface area contributed by atoms with E-state index in [1.807, 2.05) is 37.3 Å². The highest BCUT2D eigenvalue weighted by atomic mass is 32.2. The molecule has 0 unspecified atom stereocenters. The van der Waals surface area contributed by atoms with Gasteiger partial charge in [0.05, 0.1) is 19.1 Å². The van der Waals surface area contributed by atoms with Gasteiger partial charge in [-0.15, -0.1) is 0 Å². The Bertz CT molecular complexity index is 955. The number of sulfonamides is 1. The molecule has 0 bridgehead atoms. The van der Waals surface area contributed by atoms with Gasteiger partial charge in [-0.1, -0.05) is 18.2 Å². The van der Waals surface area contributed by atoms with Gasteiger partial charge in [0.1, 0.15) is 12.3 Å². The molecule has 0 saturated heterocycles. The zero-order chi connectivity index (χ0) is 22.3. The Balaban J connectivity index is 2.10. The monoisotopic (exact) mass is 433 g/mol. The van der Waals surface area contributed by atoms with Crippen LogP contribution in [-0.4, -0.2) is 47.3 Å². The van der Waals surface area contributed by atoms with Gasteiger partial charge in [-0.05, 0) is 56.2 Å². The zero-order valence-electron chi connectivity index (χ0n) is 18.3. The summed E-state index contributed by atoms with van der Waals surface area (Å²) in [6.45, 7) is 7.91. The number of anilines is 2. The average molecular weight is 434 g/mol. The van der Waals surface area contributed by atoms with E-state index in [1.165, 1.54) is 7.11 Å². The Hall–Kier alpha value is -2.74. The van der Waals surface area contributed by atoms with Crippen LogP contribution in [0.3, 0.4) is 0 Å². The highest BCUT2D eigenvalue weighted by molar-refractivity contribution is 7.92. The van der Waals surface area contributed by atoms with Crippen LogP contribution in [-0.2, 0) is 21.4 Å². The minimum atomic E-state index is -3.68. The minimum absolute atomic E-state index is 0.319. The van der Waals surface area contributed by atoms with Crippen LogP contribution in [0, 0.1) is 6.92 Å². The normalized spacial score (nSPS) is 11.1. The number of nitrogens with zero attached hydrogens (tertiary/aromatic N) is 2. The molecule has 0 fully saturated rings. The summed E-state index contributed by atoms with van der Waals surface area (Å²) in [7, 11) is -2.21. The van der Waals surface area contributed by atoms with Gasteiger partial charge in [-0.2, -0.15) is 0 Å². The van der Waals surface area contributed by atoms with Crippen LogP contribution in [0.5, 0.6) is 5.75 Å². The van der Waals surface area contributed by atoms with Gasteiger partial charge < -0.3 is 15.0 Å². The molecule has 2 rings (SSSR count). The standard InChI is InChI=1S/C22H31N3O4S/c1-6-24(7-2)19-11-9-18(10-12-19)15-23-22(26)16-25(30(5,27)28)20-14-17(3)8-13-21(20)29-4/h8-14H,6-7,15-16H2,1-5H3,(H,23,26). The van der Waals surface area contributed by atoms with E-state index in [4.69, 9.17) is 4.74 Å². The molecule has 0 aliphatic rings. The number of nitrogens with one attached hydrogen (secondary N) is 1. The Kier molecular flexibility index (Phi) is 8.11. The summed E-state index contributed by atoms with van der Waals surface area (Å²) in [5, 5.41) is 2.80. The molecular weight excluding hydrogens is 402 g/mol. The third-order valence-electron chi connectivity index (χ3n) is 4.85. The Morgan fingerprint density at radius 1 is 1.07 bits per heavy atom. The fraction of sp³-hybridized carbons (Fsp3) is 0.409. The van der Waals surface area contributed by atoms with E-state index in [0.29, 0.717) is 18.0 Å². The molecule has 0 heterocycles. The number of methoxy groups -OCH3 is 1. The maximum atomic E-state index is 12.5. The topological polar surface area (TPSA) is 79.0 Å². The largest absolute Gasteiger partial charge is 0.495 e. The van der Waals surface area contributed by atoms with Gasteiger partial charge in [0.15, 0.2) is 0 Å². The molecule has 2 aromatic rings. The summed E-state index contributed by atoms with van der Waals surface area (Å²) in [6.07, 6.45) is 1.08. The number of carbonyl (C=O) groups excluding carboxylic acids is 1. The molecule has 2 aromatic carbocycles. The third kappa shape index (κ3) is 6.13. The Labute approximate surface area is 179 Å². The molecule has 0 aromatic heterocycles. The lowest BCUT2D eigenvalue weighted by Crippen LogP contribution is -2.40. The lowest BCUT2D eigenvalue weighted by Gasteiger charge is -2.24. The fourth-order valence-corrected chi connectivity index (χ4v) is 4.03. The van der Waals surface area contributed by atoms with E-state index in [9.17, 15) is 13.2 Å². The first-order valence-electron chi connectivity index (χ1n) is 9.92. The third-order valence-corrected chi connectivity index (χ3v) is 5.97. The van der Waals surface area contributed by atoms with Crippen LogP contribution < -0.4 is 19.3 Å². The Morgan fingerprint density at radius 3 is 2.23 bits per heavy atom. The maximum absolute atomic E-state index is 12.5. The van der Waals surface area contributed by atoms with Crippen LogP contribution >= 0.6 is 0 Å². The fourth-order valence-electron chi connectivity index (χ4n) is 3.18. The second-order valence-electron chi connectivity index (χ2n) is 7.06. The van der Waals surface area contributed by atoms with E-state index < -0.39 is 15.9 Å². The van der Waals surface area contributed by atoms with E-state index in [0.717, 1.165) is 40.5 Å². The number of amides is 1. The van der Waals surface area contributed by atoms with Crippen molar-refractivity contribution in [1.82, 2.24) is 5.32 Å².